The molecule has 0 aliphatic heterocycles. The van der Waals surface area contributed by atoms with Gasteiger partial charge in [-0.1, -0.05) is 24.4 Å². The normalized spacial score (nSPS) is 22.9. The van der Waals surface area contributed by atoms with Gasteiger partial charge in [-0.2, -0.15) is 13.2 Å². The van der Waals surface area contributed by atoms with Crippen LogP contribution >= 0.6 is 27.5 Å². The molecule has 1 saturated carbocycles. The molecule has 1 aromatic rings. The van der Waals surface area contributed by atoms with Crippen molar-refractivity contribution in [3.8, 4) is 0 Å². The zero-order valence-electron chi connectivity index (χ0n) is 10.9. The molecule has 0 radical (unpaired) electrons. The highest BCUT2D eigenvalue weighted by Crippen LogP contribution is 2.41. The number of nitrogens with one attached hydrogen (secondary N) is 1. The van der Waals surface area contributed by atoms with Crippen LogP contribution in [-0.4, -0.2) is 17.1 Å². The van der Waals surface area contributed by atoms with Gasteiger partial charge in [0.1, 0.15) is 5.15 Å². The van der Waals surface area contributed by atoms with Gasteiger partial charge in [-0.05, 0) is 34.8 Å². The number of carbonyl (C=O) groups excluding carboxylic acids is 1. The molecular weight excluding hydrogens is 373 g/mol. The number of amides is 1. The second-order valence-electron chi connectivity index (χ2n) is 5.02. The summed E-state index contributed by atoms with van der Waals surface area (Å²) in [5.41, 5.74) is 0.322. The van der Waals surface area contributed by atoms with Gasteiger partial charge in [-0.3, -0.25) is 4.79 Å². The van der Waals surface area contributed by atoms with E-state index in [0.29, 0.717) is 23.0 Å². The standard InChI is InChI=1S/C13H13BrClF3N2O/c14-10-5-7(6-19-11(10)15)20-12(21)8-3-1-2-4-9(8)13(16,17)18/h5-6,8-9H,1-4H2,(H,20,21). The minimum Gasteiger partial charge on any atom is -0.324 e. The van der Waals surface area contributed by atoms with Crippen LogP contribution in [0.5, 0.6) is 0 Å². The van der Waals surface area contributed by atoms with Crippen molar-refractivity contribution < 1.29 is 18.0 Å². The molecule has 1 fully saturated rings. The third kappa shape index (κ3) is 4.10. The molecule has 1 N–H and O–H groups in total. The highest BCUT2D eigenvalue weighted by Gasteiger charge is 2.48. The molecule has 0 aromatic carbocycles. The molecule has 0 spiro atoms. The highest BCUT2D eigenvalue weighted by molar-refractivity contribution is 9.10. The lowest BCUT2D eigenvalue weighted by molar-refractivity contribution is -0.197. The fourth-order valence-electron chi connectivity index (χ4n) is 2.56. The van der Waals surface area contributed by atoms with Crippen molar-refractivity contribution in [2.24, 2.45) is 11.8 Å². The SMILES string of the molecule is O=C(Nc1cnc(Cl)c(Br)c1)C1CCCCC1C(F)(F)F. The molecule has 0 bridgehead atoms. The third-order valence-electron chi connectivity index (χ3n) is 3.59. The molecule has 1 aliphatic carbocycles. The molecule has 2 rings (SSSR count). The second kappa shape index (κ2) is 6.52. The molecule has 8 heteroatoms. The van der Waals surface area contributed by atoms with E-state index in [1.165, 1.54) is 12.3 Å². The van der Waals surface area contributed by atoms with Gasteiger partial charge in [0.15, 0.2) is 0 Å². The maximum absolute atomic E-state index is 13.0. The van der Waals surface area contributed by atoms with Crippen LogP contribution < -0.4 is 5.32 Å². The minimum atomic E-state index is -4.35. The average Bonchev–Trinajstić information content (AvgIpc) is 2.42. The lowest BCUT2D eigenvalue weighted by Crippen LogP contribution is -2.39. The number of halogens is 5. The number of rotatable bonds is 2. The predicted octanol–water partition coefficient (Wildman–Crippen LogP) is 4.80. The maximum Gasteiger partial charge on any atom is 0.392 e. The van der Waals surface area contributed by atoms with Crippen molar-refractivity contribution in [2.45, 2.75) is 31.9 Å². The summed E-state index contributed by atoms with van der Waals surface area (Å²) in [5, 5.41) is 2.71. The van der Waals surface area contributed by atoms with Crippen molar-refractivity contribution in [1.29, 1.82) is 0 Å². The molecule has 2 unspecified atom stereocenters. The van der Waals surface area contributed by atoms with E-state index in [2.05, 4.69) is 26.2 Å². The van der Waals surface area contributed by atoms with Crippen LogP contribution in [-0.2, 0) is 4.79 Å². The summed E-state index contributed by atoms with van der Waals surface area (Å²) < 4.78 is 39.4. The Morgan fingerprint density at radius 3 is 2.67 bits per heavy atom. The van der Waals surface area contributed by atoms with Crippen LogP contribution in [0.2, 0.25) is 5.15 Å². The van der Waals surface area contributed by atoms with Crippen LogP contribution in [0.3, 0.4) is 0 Å². The number of hydrogen-bond donors (Lipinski definition) is 1. The van der Waals surface area contributed by atoms with E-state index < -0.39 is 23.9 Å². The monoisotopic (exact) mass is 384 g/mol. The summed E-state index contributed by atoms with van der Waals surface area (Å²) in [4.78, 5) is 16.0. The van der Waals surface area contributed by atoms with Crippen molar-refractivity contribution >= 4 is 39.1 Å². The highest BCUT2D eigenvalue weighted by atomic mass is 79.9. The van der Waals surface area contributed by atoms with E-state index in [1.807, 2.05) is 0 Å². The average molecular weight is 386 g/mol. The van der Waals surface area contributed by atoms with Crippen LogP contribution in [0.1, 0.15) is 25.7 Å². The van der Waals surface area contributed by atoms with Crippen molar-refractivity contribution in [3.05, 3.63) is 21.9 Å². The Hall–Kier alpha value is -0.820. The molecule has 2 atom stereocenters. The number of anilines is 1. The van der Waals surface area contributed by atoms with Gasteiger partial charge in [0.05, 0.1) is 22.3 Å². The summed E-state index contributed by atoms with van der Waals surface area (Å²) in [6.07, 6.45) is -1.64. The molecule has 3 nitrogen and oxygen atoms in total. The van der Waals surface area contributed by atoms with Crippen LogP contribution in [0.25, 0.3) is 0 Å². The summed E-state index contributed by atoms with van der Waals surface area (Å²) in [6, 6.07) is 1.51. The van der Waals surface area contributed by atoms with Gasteiger partial charge in [-0.25, -0.2) is 4.98 Å². The van der Waals surface area contributed by atoms with Gasteiger partial charge in [-0.15, -0.1) is 0 Å². The molecule has 1 aromatic heterocycles. The number of hydrogen-bond acceptors (Lipinski definition) is 2. The van der Waals surface area contributed by atoms with Gasteiger partial charge in [0.25, 0.3) is 0 Å². The van der Waals surface area contributed by atoms with E-state index in [0.717, 1.165) is 0 Å². The molecule has 21 heavy (non-hydrogen) atoms. The Balaban J connectivity index is 2.12. The van der Waals surface area contributed by atoms with Crippen LogP contribution in [0, 0.1) is 11.8 Å². The van der Waals surface area contributed by atoms with Crippen LogP contribution in [0.15, 0.2) is 16.7 Å². The number of aromatic nitrogens is 1. The Kier molecular flexibility index (Phi) is 5.14. The molecule has 1 amide bonds. The summed E-state index contributed by atoms with van der Waals surface area (Å²) in [6.45, 7) is 0. The molecule has 1 aliphatic rings. The molecule has 0 saturated heterocycles. The topological polar surface area (TPSA) is 42.0 Å². The maximum atomic E-state index is 13.0. The van der Waals surface area contributed by atoms with Crippen molar-refractivity contribution in [2.75, 3.05) is 5.32 Å². The smallest absolute Gasteiger partial charge is 0.324 e. The first-order valence-corrected chi connectivity index (χ1v) is 7.65. The Morgan fingerprint density at radius 1 is 1.38 bits per heavy atom. The number of pyridine rings is 1. The van der Waals surface area contributed by atoms with E-state index in [-0.39, 0.29) is 18.0 Å². The van der Waals surface area contributed by atoms with E-state index >= 15 is 0 Å². The zero-order chi connectivity index (χ0) is 15.6. The molecule has 1 heterocycles. The first-order valence-electron chi connectivity index (χ1n) is 6.47. The largest absolute Gasteiger partial charge is 0.392 e. The minimum absolute atomic E-state index is 0.00412. The second-order valence-corrected chi connectivity index (χ2v) is 6.24. The number of nitrogens with zero attached hydrogens (tertiary/aromatic N) is 1. The van der Waals surface area contributed by atoms with E-state index in [4.69, 9.17) is 11.6 Å². The van der Waals surface area contributed by atoms with Gasteiger partial charge in [0, 0.05) is 5.92 Å². The summed E-state index contributed by atoms with van der Waals surface area (Å²) in [7, 11) is 0. The quantitative estimate of drug-likeness (QED) is 0.743. The number of alkyl halides is 3. The first-order chi connectivity index (χ1) is 9.79. The lowest BCUT2D eigenvalue weighted by atomic mass is 9.78. The van der Waals surface area contributed by atoms with Gasteiger partial charge < -0.3 is 5.32 Å². The fraction of sp³-hybridized carbons (Fsp3) is 0.538. The molecule has 116 valence electrons. The van der Waals surface area contributed by atoms with Crippen molar-refractivity contribution in [1.82, 2.24) is 4.98 Å². The van der Waals surface area contributed by atoms with Gasteiger partial charge in [0.2, 0.25) is 5.91 Å². The van der Waals surface area contributed by atoms with E-state index in [9.17, 15) is 18.0 Å². The molecular formula is C13H13BrClF3N2O. The predicted molar refractivity (Wildman–Crippen MR) is 77.1 cm³/mol. The zero-order valence-corrected chi connectivity index (χ0v) is 13.2. The summed E-state index contributed by atoms with van der Waals surface area (Å²) in [5.74, 6) is -3.24. The van der Waals surface area contributed by atoms with Crippen molar-refractivity contribution in [3.63, 3.8) is 0 Å². The van der Waals surface area contributed by atoms with E-state index in [1.54, 1.807) is 0 Å². The lowest BCUT2D eigenvalue weighted by Gasteiger charge is -2.31. The fourth-order valence-corrected chi connectivity index (χ4v) is 3.01. The van der Waals surface area contributed by atoms with Gasteiger partial charge >= 0.3 is 6.18 Å². The first kappa shape index (κ1) is 16.5. The Labute approximate surface area is 133 Å². The Bertz CT molecular complexity index is 539. The Morgan fingerprint density at radius 2 is 2.05 bits per heavy atom. The number of carbonyl (C=O) groups is 1. The third-order valence-corrected chi connectivity index (χ3v) is 4.72. The summed E-state index contributed by atoms with van der Waals surface area (Å²) >= 11 is 8.88. The van der Waals surface area contributed by atoms with Crippen LogP contribution in [0.4, 0.5) is 18.9 Å².